The van der Waals surface area contributed by atoms with E-state index in [2.05, 4.69) is 17.9 Å². The van der Waals surface area contributed by atoms with E-state index in [9.17, 15) is 4.79 Å². The highest BCUT2D eigenvalue weighted by Gasteiger charge is 2.35. The smallest absolute Gasteiger partial charge is 0.310 e. The van der Waals surface area contributed by atoms with Gasteiger partial charge in [-0.05, 0) is 18.8 Å². The lowest BCUT2D eigenvalue weighted by molar-refractivity contribution is -0.140. The van der Waals surface area contributed by atoms with Crippen LogP contribution in [-0.4, -0.2) is 35.1 Å². The second kappa shape index (κ2) is 4.35. The van der Waals surface area contributed by atoms with Crippen molar-refractivity contribution < 1.29 is 9.90 Å². The van der Waals surface area contributed by atoms with Crippen LogP contribution >= 0.6 is 0 Å². The summed E-state index contributed by atoms with van der Waals surface area (Å²) in [6.07, 6.45) is 7.27. The van der Waals surface area contributed by atoms with Crippen LogP contribution in [0.2, 0.25) is 0 Å². The van der Waals surface area contributed by atoms with Crippen molar-refractivity contribution in [3.8, 4) is 0 Å². The quantitative estimate of drug-likeness (QED) is 0.717. The summed E-state index contributed by atoms with van der Waals surface area (Å²) in [4.78, 5) is 13.2. The second-order valence-electron chi connectivity index (χ2n) is 4.74. The third-order valence-electron chi connectivity index (χ3n) is 3.53. The minimum Gasteiger partial charge on any atom is -0.481 e. The Morgan fingerprint density at radius 3 is 2.73 bits per heavy atom. The third-order valence-corrected chi connectivity index (χ3v) is 3.53. The Morgan fingerprint density at radius 2 is 2.20 bits per heavy atom. The SMILES string of the molecule is CCCC1CN(C2C=CC(C(=O)O)C2)C1. The van der Waals surface area contributed by atoms with Gasteiger partial charge in [-0.15, -0.1) is 0 Å². The number of carbonyl (C=O) groups is 1. The first-order valence-electron chi connectivity index (χ1n) is 5.86. The Bertz CT molecular complexity index is 269. The molecule has 2 unspecified atom stereocenters. The van der Waals surface area contributed by atoms with Gasteiger partial charge in [0.2, 0.25) is 0 Å². The van der Waals surface area contributed by atoms with Crippen LogP contribution < -0.4 is 0 Å². The molecule has 1 N–H and O–H groups in total. The Morgan fingerprint density at radius 1 is 1.47 bits per heavy atom. The molecule has 0 amide bonds. The predicted octanol–water partition coefficient (Wildman–Crippen LogP) is 1.75. The number of aliphatic carboxylic acids is 1. The molecule has 84 valence electrons. The van der Waals surface area contributed by atoms with Crippen molar-refractivity contribution in [1.29, 1.82) is 0 Å². The topological polar surface area (TPSA) is 40.5 Å². The molecule has 2 atom stereocenters. The lowest BCUT2D eigenvalue weighted by Gasteiger charge is -2.43. The minimum atomic E-state index is -0.681. The molecule has 0 aromatic rings. The maximum Gasteiger partial charge on any atom is 0.310 e. The summed E-state index contributed by atoms with van der Waals surface area (Å²) >= 11 is 0. The van der Waals surface area contributed by atoms with Crippen molar-refractivity contribution in [3.05, 3.63) is 12.2 Å². The molecule has 0 spiro atoms. The summed E-state index contributed by atoms with van der Waals surface area (Å²) in [5.74, 6) is -0.0770. The Kier molecular flexibility index (Phi) is 3.10. The highest BCUT2D eigenvalue weighted by atomic mass is 16.4. The van der Waals surface area contributed by atoms with Crippen LogP contribution in [0, 0.1) is 11.8 Å². The molecular formula is C12H19NO2. The molecular weight excluding hydrogens is 190 g/mol. The van der Waals surface area contributed by atoms with Gasteiger partial charge >= 0.3 is 5.97 Å². The number of rotatable bonds is 4. The summed E-state index contributed by atoms with van der Waals surface area (Å²) in [7, 11) is 0. The van der Waals surface area contributed by atoms with E-state index >= 15 is 0 Å². The molecule has 2 aliphatic rings. The molecule has 0 radical (unpaired) electrons. The van der Waals surface area contributed by atoms with Gasteiger partial charge in [-0.25, -0.2) is 0 Å². The molecule has 0 aromatic carbocycles. The minimum absolute atomic E-state index is 0.250. The second-order valence-corrected chi connectivity index (χ2v) is 4.74. The van der Waals surface area contributed by atoms with E-state index in [1.54, 1.807) is 0 Å². The summed E-state index contributed by atoms with van der Waals surface area (Å²) in [6.45, 7) is 4.54. The number of carboxylic acids is 1. The lowest BCUT2D eigenvalue weighted by atomic mass is 9.92. The van der Waals surface area contributed by atoms with Crippen LogP contribution in [0.3, 0.4) is 0 Å². The van der Waals surface area contributed by atoms with Crippen molar-refractivity contribution >= 4 is 5.97 Å². The van der Waals surface area contributed by atoms with Gasteiger partial charge in [-0.3, -0.25) is 9.69 Å². The van der Waals surface area contributed by atoms with E-state index in [1.807, 2.05) is 6.08 Å². The van der Waals surface area contributed by atoms with Gasteiger partial charge in [-0.2, -0.15) is 0 Å². The van der Waals surface area contributed by atoms with Gasteiger partial charge in [0.05, 0.1) is 5.92 Å². The molecule has 3 nitrogen and oxygen atoms in total. The van der Waals surface area contributed by atoms with Crippen molar-refractivity contribution in [2.24, 2.45) is 11.8 Å². The fourth-order valence-corrected chi connectivity index (χ4v) is 2.61. The van der Waals surface area contributed by atoms with Crippen molar-refractivity contribution in [1.82, 2.24) is 4.90 Å². The molecule has 1 heterocycles. The molecule has 1 aliphatic heterocycles. The van der Waals surface area contributed by atoms with E-state index in [0.29, 0.717) is 6.04 Å². The first-order valence-corrected chi connectivity index (χ1v) is 5.86. The predicted molar refractivity (Wildman–Crippen MR) is 58.6 cm³/mol. The average molecular weight is 209 g/mol. The van der Waals surface area contributed by atoms with Gasteiger partial charge in [0.25, 0.3) is 0 Å². The largest absolute Gasteiger partial charge is 0.481 e. The molecule has 0 saturated carbocycles. The Labute approximate surface area is 90.8 Å². The van der Waals surface area contributed by atoms with Crippen molar-refractivity contribution in [2.45, 2.75) is 32.2 Å². The lowest BCUT2D eigenvalue weighted by Crippen LogP contribution is -2.51. The standard InChI is InChI=1S/C12H19NO2/c1-2-3-9-7-13(8-9)11-5-4-10(6-11)12(14)15/h4-5,9-11H,2-3,6-8H2,1H3,(H,14,15). The zero-order valence-electron chi connectivity index (χ0n) is 9.22. The van der Waals surface area contributed by atoms with Gasteiger partial charge in [0, 0.05) is 19.1 Å². The summed E-state index contributed by atoms with van der Waals surface area (Å²) < 4.78 is 0. The normalized spacial score (nSPS) is 31.8. The first-order chi connectivity index (χ1) is 7.20. The molecule has 1 aliphatic carbocycles. The number of hydrogen-bond acceptors (Lipinski definition) is 2. The first kappa shape index (κ1) is 10.7. The molecule has 3 heteroatoms. The Balaban J connectivity index is 1.75. The molecule has 1 saturated heterocycles. The Hall–Kier alpha value is -0.830. The highest BCUT2D eigenvalue weighted by molar-refractivity contribution is 5.73. The number of carboxylic acid groups (broad SMARTS) is 1. The van der Waals surface area contributed by atoms with Crippen molar-refractivity contribution in [2.75, 3.05) is 13.1 Å². The van der Waals surface area contributed by atoms with E-state index in [-0.39, 0.29) is 5.92 Å². The van der Waals surface area contributed by atoms with E-state index < -0.39 is 5.97 Å². The molecule has 0 bridgehead atoms. The van der Waals surface area contributed by atoms with Crippen LogP contribution in [0.5, 0.6) is 0 Å². The maximum absolute atomic E-state index is 10.8. The summed E-state index contributed by atoms with van der Waals surface area (Å²) in [5.41, 5.74) is 0. The zero-order chi connectivity index (χ0) is 10.8. The van der Waals surface area contributed by atoms with Gasteiger partial charge < -0.3 is 5.11 Å². The van der Waals surface area contributed by atoms with Crippen LogP contribution in [0.25, 0.3) is 0 Å². The third kappa shape index (κ3) is 2.23. The fourth-order valence-electron chi connectivity index (χ4n) is 2.61. The fraction of sp³-hybridized carbons (Fsp3) is 0.750. The monoisotopic (exact) mass is 209 g/mol. The van der Waals surface area contributed by atoms with E-state index in [1.165, 1.54) is 12.8 Å². The number of hydrogen-bond donors (Lipinski definition) is 1. The number of nitrogens with zero attached hydrogens (tertiary/aromatic N) is 1. The highest BCUT2D eigenvalue weighted by Crippen LogP contribution is 2.29. The van der Waals surface area contributed by atoms with Crippen LogP contribution in [0.1, 0.15) is 26.2 Å². The molecule has 15 heavy (non-hydrogen) atoms. The number of likely N-dealkylation sites (tertiary alicyclic amines) is 1. The van der Waals surface area contributed by atoms with E-state index in [4.69, 9.17) is 5.11 Å². The van der Waals surface area contributed by atoms with Crippen molar-refractivity contribution in [3.63, 3.8) is 0 Å². The average Bonchev–Trinajstić information content (AvgIpc) is 2.59. The molecule has 0 aromatic heterocycles. The van der Waals surface area contributed by atoms with Crippen LogP contribution in [0.15, 0.2) is 12.2 Å². The maximum atomic E-state index is 10.8. The molecule has 2 rings (SSSR count). The zero-order valence-corrected chi connectivity index (χ0v) is 9.22. The van der Waals surface area contributed by atoms with Gasteiger partial charge in [0.15, 0.2) is 0 Å². The van der Waals surface area contributed by atoms with Gasteiger partial charge in [-0.1, -0.05) is 25.5 Å². The van der Waals surface area contributed by atoms with Crippen LogP contribution in [-0.2, 0) is 4.79 Å². The van der Waals surface area contributed by atoms with Gasteiger partial charge in [0.1, 0.15) is 0 Å². The van der Waals surface area contributed by atoms with Crippen LogP contribution in [0.4, 0.5) is 0 Å². The summed E-state index contributed by atoms with van der Waals surface area (Å²) in [6, 6.07) is 0.388. The summed E-state index contributed by atoms with van der Waals surface area (Å²) in [5, 5.41) is 8.87. The van der Waals surface area contributed by atoms with E-state index in [0.717, 1.165) is 25.4 Å². The molecule has 1 fully saturated rings.